The van der Waals surface area contributed by atoms with E-state index in [-0.39, 0.29) is 23.2 Å². The first-order valence-electron chi connectivity index (χ1n) is 10.9. The van der Waals surface area contributed by atoms with Crippen molar-refractivity contribution in [2.45, 2.75) is 33.1 Å². The summed E-state index contributed by atoms with van der Waals surface area (Å²) in [7, 11) is 1.61. The molecule has 0 radical (unpaired) electrons. The van der Waals surface area contributed by atoms with Crippen molar-refractivity contribution in [1.29, 1.82) is 0 Å². The van der Waals surface area contributed by atoms with Gasteiger partial charge in [-0.2, -0.15) is 0 Å². The van der Waals surface area contributed by atoms with Crippen LogP contribution < -0.4 is 10.4 Å². The summed E-state index contributed by atoms with van der Waals surface area (Å²) in [4.78, 5) is 32.5. The summed E-state index contributed by atoms with van der Waals surface area (Å²) in [6, 6.07) is 11.8. The van der Waals surface area contributed by atoms with Crippen molar-refractivity contribution < 1.29 is 13.9 Å². The van der Waals surface area contributed by atoms with Crippen LogP contribution in [0.1, 0.15) is 18.1 Å². The maximum absolute atomic E-state index is 13.9. The molecule has 1 aliphatic heterocycles. The van der Waals surface area contributed by atoms with Gasteiger partial charge in [0.05, 0.1) is 12.6 Å². The number of hydrogen-bond donors (Lipinski definition) is 0. The molecule has 4 aromatic rings. The van der Waals surface area contributed by atoms with Crippen molar-refractivity contribution in [2.24, 2.45) is 0 Å². The second kappa shape index (κ2) is 8.61. The average molecular weight is 481 g/mol. The summed E-state index contributed by atoms with van der Waals surface area (Å²) in [6.07, 6.45) is 1.56. The number of ether oxygens (including phenoxy) is 1. The summed E-state index contributed by atoms with van der Waals surface area (Å²) >= 11 is 6.01. The van der Waals surface area contributed by atoms with E-state index in [2.05, 4.69) is 4.98 Å². The molecule has 0 saturated carbocycles. The third-order valence-corrected chi connectivity index (χ3v) is 6.37. The summed E-state index contributed by atoms with van der Waals surface area (Å²) in [5.74, 6) is 0.118. The van der Waals surface area contributed by atoms with Crippen LogP contribution in [0, 0.1) is 5.82 Å². The number of fused-ring (bicyclic) bond motifs is 2. The van der Waals surface area contributed by atoms with Crippen LogP contribution in [0.15, 0.2) is 53.5 Å². The molecule has 174 valence electrons. The molecule has 34 heavy (non-hydrogen) atoms. The van der Waals surface area contributed by atoms with E-state index >= 15 is 0 Å². The van der Waals surface area contributed by atoms with E-state index in [1.807, 2.05) is 25.1 Å². The third kappa shape index (κ3) is 3.84. The number of hydrogen-bond acceptors (Lipinski definition) is 4. The predicted molar refractivity (Wildman–Crippen MR) is 127 cm³/mol. The SMILES string of the molecule is CCn1c(=O)n(CC(=O)N2Cc3ccc(OC)cc3C2)c2ncc(-c3cc(F)cc(Cl)c3)cc21. The Balaban J connectivity index is 1.47. The monoisotopic (exact) mass is 480 g/mol. The number of benzene rings is 2. The lowest BCUT2D eigenvalue weighted by Gasteiger charge is -2.15. The smallest absolute Gasteiger partial charge is 0.330 e. The van der Waals surface area contributed by atoms with Crippen LogP contribution in [-0.2, 0) is 31.0 Å². The first-order chi connectivity index (χ1) is 16.4. The van der Waals surface area contributed by atoms with Crippen molar-refractivity contribution >= 4 is 28.7 Å². The molecule has 0 fully saturated rings. The molecular formula is C25H22ClFN4O3. The Hall–Kier alpha value is -3.65. The first-order valence-corrected chi connectivity index (χ1v) is 11.2. The number of halogens is 2. The van der Waals surface area contributed by atoms with Crippen molar-refractivity contribution in [3.63, 3.8) is 0 Å². The molecule has 9 heteroatoms. The normalized spacial score (nSPS) is 12.9. The topological polar surface area (TPSA) is 69.4 Å². The van der Waals surface area contributed by atoms with E-state index < -0.39 is 5.82 Å². The Bertz CT molecular complexity index is 1470. The lowest BCUT2D eigenvalue weighted by molar-refractivity contribution is -0.132. The van der Waals surface area contributed by atoms with E-state index in [1.54, 1.807) is 34.9 Å². The number of carbonyl (C=O) groups excluding carboxylic acids is 1. The quantitative estimate of drug-likeness (QED) is 0.428. The van der Waals surface area contributed by atoms with Crippen molar-refractivity contribution in [2.75, 3.05) is 7.11 Å². The van der Waals surface area contributed by atoms with E-state index in [4.69, 9.17) is 16.3 Å². The summed E-state index contributed by atoms with van der Waals surface area (Å²) in [5, 5.41) is 0.273. The lowest BCUT2D eigenvalue weighted by atomic mass is 10.1. The zero-order valence-corrected chi connectivity index (χ0v) is 19.5. The molecule has 1 aliphatic rings. The van der Waals surface area contributed by atoms with Gasteiger partial charge in [-0.25, -0.2) is 14.2 Å². The van der Waals surface area contributed by atoms with Crippen LogP contribution in [0.2, 0.25) is 5.02 Å². The molecule has 0 bridgehead atoms. The number of aromatic nitrogens is 3. The maximum Gasteiger partial charge on any atom is 0.330 e. The van der Waals surface area contributed by atoms with E-state index in [0.29, 0.717) is 41.9 Å². The molecule has 0 N–H and O–H groups in total. The Morgan fingerprint density at radius 1 is 1.09 bits per heavy atom. The van der Waals surface area contributed by atoms with Gasteiger partial charge in [0.15, 0.2) is 5.65 Å². The van der Waals surface area contributed by atoms with E-state index in [9.17, 15) is 14.0 Å². The van der Waals surface area contributed by atoms with Gasteiger partial charge in [0, 0.05) is 36.4 Å². The summed E-state index contributed by atoms with van der Waals surface area (Å²) in [6.45, 7) is 3.08. The number of nitrogens with zero attached hydrogens (tertiary/aromatic N) is 4. The lowest BCUT2D eigenvalue weighted by Crippen LogP contribution is -2.34. The van der Waals surface area contributed by atoms with Crippen LogP contribution in [0.4, 0.5) is 4.39 Å². The number of pyridine rings is 1. The maximum atomic E-state index is 13.9. The highest BCUT2D eigenvalue weighted by atomic mass is 35.5. The molecule has 2 aromatic heterocycles. The zero-order chi connectivity index (χ0) is 24.0. The van der Waals surface area contributed by atoms with Gasteiger partial charge in [-0.05, 0) is 60.0 Å². The number of aryl methyl sites for hydroxylation is 1. The van der Waals surface area contributed by atoms with Crippen LogP contribution in [0.25, 0.3) is 22.3 Å². The summed E-state index contributed by atoms with van der Waals surface area (Å²) in [5.41, 5.74) is 3.96. The fourth-order valence-electron chi connectivity index (χ4n) is 4.43. The fourth-order valence-corrected chi connectivity index (χ4v) is 4.65. The molecule has 1 amide bonds. The van der Waals surface area contributed by atoms with Gasteiger partial charge in [0.2, 0.25) is 5.91 Å². The minimum atomic E-state index is -0.456. The Kier molecular flexibility index (Phi) is 5.61. The van der Waals surface area contributed by atoms with Gasteiger partial charge in [-0.3, -0.25) is 13.9 Å². The number of amides is 1. The minimum absolute atomic E-state index is 0.119. The van der Waals surface area contributed by atoms with Crippen LogP contribution in [0.5, 0.6) is 5.75 Å². The first kappa shape index (κ1) is 22.2. The van der Waals surface area contributed by atoms with E-state index in [1.165, 1.54) is 16.7 Å². The number of carbonyl (C=O) groups is 1. The molecule has 5 rings (SSSR count). The van der Waals surface area contributed by atoms with Crippen molar-refractivity contribution in [1.82, 2.24) is 19.0 Å². The molecule has 7 nitrogen and oxygen atoms in total. The van der Waals surface area contributed by atoms with Gasteiger partial charge in [0.1, 0.15) is 18.1 Å². The van der Waals surface area contributed by atoms with Gasteiger partial charge in [0.25, 0.3) is 0 Å². The molecule has 0 aliphatic carbocycles. The second-order valence-corrected chi connectivity index (χ2v) is 8.66. The highest BCUT2D eigenvalue weighted by Crippen LogP contribution is 2.28. The Labute approximate surface area is 200 Å². The Morgan fingerprint density at radius 3 is 2.62 bits per heavy atom. The molecule has 3 heterocycles. The highest BCUT2D eigenvalue weighted by Gasteiger charge is 2.26. The number of rotatable bonds is 5. The van der Waals surface area contributed by atoms with Crippen LogP contribution in [-0.4, -0.2) is 32.0 Å². The number of methoxy groups -OCH3 is 1. The Morgan fingerprint density at radius 2 is 1.88 bits per heavy atom. The standard InChI is InChI=1S/C25H22ClFN4O3/c1-3-30-22-9-17(16-6-19(26)10-20(27)7-16)11-28-24(22)31(25(30)33)14-23(32)29-12-15-4-5-21(34-2)8-18(15)13-29/h4-11H,3,12-14H2,1-2H3. The molecule has 0 saturated heterocycles. The zero-order valence-electron chi connectivity index (χ0n) is 18.7. The van der Waals surface area contributed by atoms with E-state index in [0.717, 1.165) is 16.9 Å². The molecule has 0 spiro atoms. The van der Waals surface area contributed by atoms with Crippen molar-refractivity contribution in [3.8, 4) is 16.9 Å². The molecule has 0 unspecified atom stereocenters. The molecule has 2 aromatic carbocycles. The van der Waals surface area contributed by atoms with Gasteiger partial charge in [-0.1, -0.05) is 17.7 Å². The second-order valence-electron chi connectivity index (χ2n) is 8.22. The molecule has 0 atom stereocenters. The van der Waals surface area contributed by atoms with Gasteiger partial charge >= 0.3 is 5.69 Å². The third-order valence-electron chi connectivity index (χ3n) is 6.15. The van der Waals surface area contributed by atoms with Crippen LogP contribution >= 0.6 is 11.6 Å². The summed E-state index contributed by atoms with van der Waals surface area (Å²) < 4.78 is 22.1. The number of imidazole rings is 1. The largest absolute Gasteiger partial charge is 0.497 e. The minimum Gasteiger partial charge on any atom is -0.497 e. The highest BCUT2D eigenvalue weighted by molar-refractivity contribution is 6.30. The average Bonchev–Trinajstić information content (AvgIpc) is 3.36. The van der Waals surface area contributed by atoms with Crippen molar-refractivity contribution in [3.05, 3.63) is 81.1 Å². The molecular weight excluding hydrogens is 459 g/mol. The van der Waals surface area contributed by atoms with Crippen LogP contribution in [0.3, 0.4) is 0 Å². The fraction of sp³-hybridized carbons (Fsp3) is 0.240. The predicted octanol–water partition coefficient (Wildman–Crippen LogP) is 4.23. The van der Waals surface area contributed by atoms with Gasteiger partial charge in [-0.15, -0.1) is 0 Å². The van der Waals surface area contributed by atoms with Gasteiger partial charge < -0.3 is 9.64 Å².